The number of halogens is 1. The van der Waals surface area contributed by atoms with E-state index in [-0.39, 0.29) is 18.4 Å². The van der Waals surface area contributed by atoms with Gasteiger partial charge in [0.25, 0.3) is 0 Å². The molecule has 8 nitrogen and oxygen atoms in total. The summed E-state index contributed by atoms with van der Waals surface area (Å²) in [6.07, 6.45) is 20.2. The molecule has 0 aromatic heterocycles. The number of hydrogen-bond acceptors (Lipinski definition) is 8. The van der Waals surface area contributed by atoms with Gasteiger partial charge in [-0.1, -0.05) is 96.8 Å². The first-order chi connectivity index (χ1) is 22.2. The van der Waals surface area contributed by atoms with Crippen molar-refractivity contribution < 1.29 is 29.3 Å². The lowest BCUT2D eigenvalue weighted by Crippen LogP contribution is -2.65. The van der Waals surface area contributed by atoms with E-state index in [0.29, 0.717) is 5.92 Å². The molecule has 3 aliphatic rings. The molecule has 1 saturated carbocycles. The molecule has 2 saturated heterocycles. The minimum Gasteiger partial charge on any atom is -0.456 e. The number of rotatable bonds is 22. The Balaban J connectivity index is 1.38. The molecule has 3 fully saturated rings. The standard InChI is InChI=1S/C36H65ClN2O6S/c1-4-5-6-7-8-9-10-11-12-13-14-15-16-17-29(40)44-34-32(42)31(41)33(45-36(34)46-3)30(25(2)37)39-35(43)28-21-20-27(22-23-38-28)24-26-18-19-26/h25-28,30-34,36,38,41-42H,4-24H2,1-3H3,(H,39,43)/t25-,27?,28-,30+,31+,32-,33+,34+,36+/m0/s1. The van der Waals surface area contributed by atoms with E-state index in [9.17, 15) is 19.8 Å². The van der Waals surface area contributed by atoms with E-state index in [4.69, 9.17) is 21.1 Å². The molecular formula is C36H65ClN2O6S. The fourth-order valence-corrected chi connectivity index (χ4v) is 8.02. The normalized spacial score (nSPS) is 29.9. The van der Waals surface area contributed by atoms with Crippen LogP contribution in [-0.4, -0.2) is 82.2 Å². The third-order valence-electron chi connectivity index (χ3n) is 10.2. The number of aliphatic hydroxyl groups excluding tert-OH is 2. The van der Waals surface area contributed by atoms with Gasteiger partial charge in [0.1, 0.15) is 23.7 Å². The molecule has 1 unspecified atom stereocenters. The molecule has 0 radical (unpaired) electrons. The topological polar surface area (TPSA) is 117 Å². The molecule has 3 rings (SSSR count). The van der Waals surface area contributed by atoms with Gasteiger partial charge in [-0.05, 0) is 63.7 Å². The maximum absolute atomic E-state index is 13.4. The van der Waals surface area contributed by atoms with E-state index >= 15 is 0 Å². The monoisotopic (exact) mass is 688 g/mol. The van der Waals surface area contributed by atoms with Crippen molar-refractivity contribution in [1.29, 1.82) is 0 Å². The van der Waals surface area contributed by atoms with Gasteiger partial charge in [-0.15, -0.1) is 23.4 Å². The smallest absolute Gasteiger partial charge is 0.306 e. The number of unbranched alkanes of at least 4 members (excludes halogenated alkanes) is 12. The highest BCUT2D eigenvalue weighted by Crippen LogP contribution is 2.38. The van der Waals surface area contributed by atoms with E-state index in [0.717, 1.165) is 51.0 Å². The van der Waals surface area contributed by atoms with E-state index in [1.807, 2.05) is 6.26 Å². The zero-order valence-corrected chi connectivity index (χ0v) is 30.5. The first kappa shape index (κ1) is 39.9. The number of esters is 1. The Labute approximate surface area is 288 Å². The van der Waals surface area contributed by atoms with E-state index in [2.05, 4.69) is 17.6 Å². The van der Waals surface area contributed by atoms with Crippen LogP contribution in [0, 0.1) is 11.8 Å². The molecule has 0 aromatic rings. The van der Waals surface area contributed by atoms with Crippen molar-refractivity contribution in [2.45, 2.75) is 190 Å². The van der Waals surface area contributed by atoms with Gasteiger partial charge < -0.3 is 30.3 Å². The number of amides is 1. The predicted octanol–water partition coefficient (Wildman–Crippen LogP) is 6.86. The van der Waals surface area contributed by atoms with Crippen molar-refractivity contribution in [3.05, 3.63) is 0 Å². The van der Waals surface area contributed by atoms with Gasteiger partial charge in [-0.25, -0.2) is 0 Å². The lowest BCUT2D eigenvalue weighted by atomic mass is 9.92. The van der Waals surface area contributed by atoms with Gasteiger partial charge in [0.15, 0.2) is 6.10 Å². The van der Waals surface area contributed by atoms with Gasteiger partial charge in [-0.2, -0.15) is 0 Å². The van der Waals surface area contributed by atoms with Crippen LogP contribution in [-0.2, 0) is 19.1 Å². The number of thioether (sulfide) groups is 1. The fourth-order valence-electron chi connectivity index (χ4n) is 7.09. The zero-order valence-electron chi connectivity index (χ0n) is 28.9. The summed E-state index contributed by atoms with van der Waals surface area (Å²) in [4.78, 5) is 26.1. The van der Waals surface area contributed by atoms with Crippen molar-refractivity contribution in [3.63, 3.8) is 0 Å². The Morgan fingerprint density at radius 2 is 1.46 bits per heavy atom. The molecule has 0 aromatic carbocycles. The number of alkyl halides is 1. The first-order valence-electron chi connectivity index (χ1n) is 18.7. The fraction of sp³-hybridized carbons (Fsp3) is 0.944. The average molecular weight is 689 g/mol. The van der Waals surface area contributed by atoms with Crippen molar-refractivity contribution in [1.82, 2.24) is 10.6 Å². The molecule has 268 valence electrons. The summed E-state index contributed by atoms with van der Waals surface area (Å²) >= 11 is 7.85. The molecule has 1 aliphatic carbocycles. The Kier molecular flexibility index (Phi) is 19.2. The summed E-state index contributed by atoms with van der Waals surface area (Å²) in [7, 11) is 0. The van der Waals surface area contributed by atoms with Crippen LogP contribution in [0.25, 0.3) is 0 Å². The summed E-state index contributed by atoms with van der Waals surface area (Å²) in [6, 6.07) is -1.06. The largest absolute Gasteiger partial charge is 0.456 e. The predicted molar refractivity (Wildman–Crippen MR) is 188 cm³/mol. The molecule has 0 bridgehead atoms. The van der Waals surface area contributed by atoms with Crippen LogP contribution >= 0.6 is 23.4 Å². The third kappa shape index (κ3) is 14.1. The lowest BCUT2D eigenvalue weighted by molar-refractivity contribution is -0.218. The molecule has 2 aliphatic heterocycles. The summed E-state index contributed by atoms with van der Waals surface area (Å²) in [5, 5.41) is 28.1. The molecule has 9 atom stereocenters. The van der Waals surface area contributed by atoms with Gasteiger partial charge in [-0.3, -0.25) is 9.59 Å². The molecular weight excluding hydrogens is 624 g/mol. The van der Waals surface area contributed by atoms with Crippen LogP contribution in [0.1, 0.15) is 142 Å². The Morgan fingerprint density at radius 1 is 0.891 bits per heavy atom. The van der Waals surface area contributed by atoms with Crippen molar-refractivity contribution >= 4 is 35.2 Å². The van der Waals surface area contributed by atoms with Crippen molar-refractivity contribution in [3.8, 4) is 0 Å². The number of carbonyl (C=O) groups is 2. The maximum Gasteiger partial charge on any atom is 0.306 e. The van der Waals surface area contributed by atoms with Crippen LogP contribution in [0.4, 0.5) is 0 Å². The van der Waals surface area contributed by atoms with Crippen LogP contribution in [0.3, 0.4) is 0 Å². The number of carbonyl (C=O) groups excluding carboxylic acids is 2. The van der Waals surface area contributed by atoms with E-state index in [1.165, 1.54) is 95.2 Å². The maximum atomic E-state index is 13.4. The highest BCUT2D eigenvalue weighted by molar-refractivity contribution is 7.99. The highest BCUT2D eigenvalue weighted by Gasteiger charge is 2.50. The number of hydrogen-bond donors (Lipinski definition) is 4. The van der Waals surface area contributed by atoms with Crippen LogP contribution in [0.5, 0.6) is 0 Å². The molecule has 4 N–H and O–H groups in total. The summed E-state index contributed by atoms with van der Waals surface area (Å²) in [5.74, 6) is 0.975. The second-order valence-corrected chi connectivity index (χ2v) is 15.9. The van der Waals surface area contributed by atoms with Crippen LogP contribution in [0.15, 0.2) is 0 Å². The second kappa shape index (κ2) is 22.2. The van der Waals surface area contributed by atoms with E-state index < -0.39 is 47.2 Å². The number of aliphatic hydroxyl groups is 2. The number of nitrogens with one attached hydrogen (secondary N) is 2. The Morgan fingerprint density at radius 3 is 2.02 bits per heavy atom. The number of ether oxygens (including phenoxy) is 2. The van der Waals surface area contributed by atoms with Crippen LogP contribution < -0.4 is 10.6 Å². The third-order valence-corrected chi connectivity index (χ3v) is 11.3. The summed E-state index contributed by atoms with van der Waals surface area (Å²) in [5.41, 5.74) is -0.701. The van der Waals surface area contributed by atoms with Gasteiger partial charge in [0.2, 0.25) is 5.91 Å². The van der Waals surface area contributed by atoms with Crippen molar-refractivity contribution in [2.75, 3.05) is 12.8 Å². The molecule has 10 heteroatoms. The second-order valence-electron chi connectivity index (χ2n) is 14.3. The minimum absolute atomic E-state index is 0.165. The molecule has 0 spiro atoms. The van der Waals surface area contributed by atoms with Gasteiger partial charge >= 0.3 is 5.97 Å². The zero-order chi connectivity index (χ0) is 33.3. The van der Waals surface area contributed by atoms with Crippen LogP contribution in [0.2, 0.25) is 0 Å². The summed E-state index contributed by atoms with van der Waals surface area (Å²) < 4.78 is 11.9. The lowest BCUT2D eigenvalue weighted by Gasteiger charge is -2.45. The van der Waals surface area contributed by atoms with Gasteiger partial charge in [0.05, 0.1) is 17.5 Å². The minimum atomic E-state index is -1.38. The molecule has 46 heavy (non-hydrogen) atoms. The molecule has 1 amide bonds. The molecule has 2 heterocycles. The quantitative estimate of drug-likeness (QED) is 0.0554. The SMILES string of the molecule is CCCCCCCCCCCCCCCC(=O)O[C@@H]1[C@@H](O)[C@@H](O)[C@@H]([C@H](NC(=O)[C@@H]2CCC(CC3CC3)CCN2)[C@H](C)Cl)O[C@@H]1SC. The Hall–Kier alpha value is -0.580. The van der Waals surface area contributed by atoms with E-state index in [1.54, 1.807) is 6.92 Å². The Bertz CT molecular complexity index is 862. The first-order valence-corrected chi connectivity index (χ1v) is 20.4. The highest BCUT2D eigenvalue weighted by atomic mass is 35.5. The average Bonchev–Trinajstić information content (AvgIpc) is 3.88. The van der Waals surface area contributed by atoms with Gasteiger partial charge in [0, 0.05) is 6.42 Å². The van der Waals surface area contributed by atoms with Crippen molar-refractivity contribution in [2.24, 2.45) is 11.8 Å². The summed E-state index contributed by atoms with van der Waals surface area (Å²) in [6.45, 7) is 4.80.